The molecular formula is C22H36O3. The van der Waals surface area contributed by atoms with Crippen molar-refractivity contribution < 1.29 is 14.6 Å². The Morgan fingerprint density at radius 3 is 2.44 bits per heavy atom. The van der Waals surface area contributed by atoms with Gasteiger partial charge in [-0.15, -0.1) is 0 Å². The number of aliphatic hydroxyl groups is 1. The Morgan fingerprint density at radius 2 is 1.80 bits per heavy atom. The van der Waals surface area contributed by atoms with Gasteiger partial charge in [0, 0.05) is 12.3 Å². The molecule has 1 N–H and O–H groups in total. The van der Waals surface area contributed by atoms with Crippen LogP contribution in [0.5, 0.6) is 0 Å². The standard InChI is InChI=1S/C22H36O3/c1-14(2)16-6-7-17-19(16,4)8-10-21(13-25-15(3)23)11-9-20(5,24)18-12-22(17,18)21/h14,16-18,24H,6-13H2,1-5H3/t16-,17-,18+,19-,20-,21+,22-/m1/s1. The van der Waals surface area contributed by atoms with E-state index in [1.165, 1.54) is 32.6 Å². The van der Waals surface area contributed by atoms with Crippen LogP contribution in [-0.4, -0.2) is 23.3 Å². The molecule has 4 aliphatic rings. The van der Waals surface area contributed by atoms with Crippen LogP contribution in [0.2, 0.25) is 0 Å². The number of ether oxygens (including phenoxy) is 1. The Bertz CT molecular complexity index is 582. The Balaban J connectivity index is 1.73. The summed E-state index contributed by atoms with van der Waals surface area (Å²) in [6.45, 7) is 11.5. The predicted octanol–water partition coefficient (Wildman–Crippen LogP) is 4.57. The minimum atomic E-state index is -0.534. The second-order valence-electron chi connectivity index (χ2n) is 10.7. The van der Waals surface area contributed by atoms with Crippen molar-refractivity contribution >= 4 is 5.97 Å². The van der Waals surface area contributed by atoms with E-state index in [0.717, 1.165) is 31.1 Å². The summed E-state index contributed by atoms with van der Waals surface area (Å²) < 4.78 is 5.64. The van der Waals surface area contributed by atoms with Crippen LogP contribution in [0.3, 0.4) is 0 Å². The molecule has 4 saturated carbocycles. The molecule has 4 rings (SSSR count). The van der Waals surface area contributed by atoms with Crippen molar-refractivity contribution in [1.82, 2.24) is 0 Å². The highest BCUT2D eigenvalue weighted by atomic mass is 16.5. The first-order valence-corrected chi connectivity index (χ1v) is 10.4. The lowest BCUT2D eigenvalue weighted by molar-refractivity contribution is -0.175. The quantitative estimate of drug-likeness (QED) is 0.760. The summed E-state index contributed by atoms with van der Waals surface area (Å²) >= 11 is 0. The molecule has 0 radical (unpaired) electrons. The molecule has 7 atom stereocenters. The summed E-state index contributed by atoms with van der Waals surface area (Å²) in [5.74, 6) is 2.47. The molecule has 3 nitrogen and oxygen atoms in total. The number of fused-ring (bicyclic) bond motifs is 1. The van der Waals surface area contributed by atoms with Gasteiger partial charge in [-0.05, 0) is 86.4 Å². The second kappa shape index (κ2) is 5.24. The lowest BCUT2D eigenvalue weighted by atomic mass is 9.45. The van der Waals surface area contributed by atoms with Crippen LogP contribution in [0.1, 0.15) is 79.6 Å². The van der Waals surface area contributed by atoms with E-state index in [1.807, 2.05) is 0 Å². The van der Waals surface area contributed by atoms with Crippen molar-refractivity contribution in [2.75, 3.05) is 6.61 Å². The average Bonchev–Trinajstić information content (AvgIpc) is 3.18. The van der Waals surface area contributed by atoms with Crippen molar-refractivity contribution in [2.45, 2.75) is 85.2 Å². The molecule has 3 heteroatoms. The molecule has 4 fully saturated rings. The highest BCUT2D eigenvalue weighted by molar-refractivity contribution is 5.66. The molecule has 0 amide bonds. The fourth-order valence-electron chi connectivity index (χ4n) is 8.24. The van der Waals surface area contributed by atoms with Crippen molar-refractivity contribution in [3.8, 4) is 0 Å². The van der Waals surface area contributed by atoms with Gasteiger partial charge in [0.05, 0.1) is 12.2 Å². The van der Waals surface area contributed by atoms with Gasteiger partial charge in [0.2, 0.25) is 0 Å². The molecule has 0 bridgehead atoms. The van der Waals surface area contributed by atoms with Crippen molar-refractivity contribution in [3.05, 3.63) is 0 Å². The van der Waals surface area contributed by atoms with Crippen LogP contribution < -0.4 is 0 Å². The summed E-state index contributed by atoms with van der Waals surface area (Å²) in [5, 5.41) is 11.1. The first kappa shape index (κ1) is 17.8. The monoisotopic (exact) mass is 348 g/mol. The van der Waals surface area contributed by atoms with Crippen LogP contribution in [0.15, 0.2) is 0 Å². The summed E-state index contributed by atoms with van der Waals surface area (Å²) in [4.78, 5) is 11.6. The van der Waals surface area contributed by atoms with Gasteiger partial charge in [0.15, 0.2) is 0 Å². The van der Waals surface area contributed by atoms with E-state index in [0.29, 0.717) is 23.9 Å². The van der Waals surface area contributed by atoms with Gasteiger partial charge in [-0.2, -0.15) is 0 Å². The third kappa shape index (κ3) is 2.17. The lowest BCUT2D eigenvalue weighted by Gasteiger charge is -2.60. The zero-order valence-corrected chi connectivity index (χ0v) is 16.7. The summed E-state index contributed by atoms with van der Waals surface area (Å²) in [5.41, 5.74) is 0.187. The smallest absolute Gasteiger partial charge is 0.302 e. The van der Waals surface area contributed by atoms with Gasteiger partial charge in [-0.1, -0.05) is 20.8 Å². The van der Waals surface area contributed by atoms with Crippen LogP contribution in [0.4, 0.5) is 0 Å². The predicted molar refractivity (Wildman–Crippen MR) is 97.9 cm³/mol. The zero-order valence-electron chi connectivity index (χ0n) is 16.7. The molecule has 0 aliphatic heterocycles. The fourth-order valence-corrected chi connectivity index (χ4v) is 8.24. The fraction of sp³-hybridized carbons (Fsp3) is 0.955. The average molecular weight is 349 g/mol. The lowest BCUT2D eigenvalue weighted by Crippen LogP contribution is -2.57. The normalized spacial score (nSPS) is 53.8. The van der Waals surface area contributed by atoms with E-state index in [-0.39, 0.29) is 16.8 Å². The van der Waals surface area contributed by atoms with Crippen LogP contribution >= 0.6 is 0 Å². The summed E-state index contributed by atoms with van der Waals surface area (Å²) in [7, 11) is 0. The minimum Gasteiger partial charge on any atom is -0.465 e. The Kier molecular flexibility index (Phi) is 3.74. The molecule has 4 aliphatic carbocycles. The van der Waals surface area contributed by atoms with E-state index >= 15 is 0 Å². The number of carbonyl (C=O) groups excluding carboxylic acids is 1. The van der Waals surface area contributed by atoms with Crippen LogP contribution in [0.25, 0.3) is 0 Å². The van der Waals surface area contributed by atoms with E-state index in [2.05, 4.69) is 27.7 Å². The Labute approximate surface area is 152 Å². The number of hydrogen-bond donors (Lipinski definition) is 1. The zero-order chi connectivity index (χ0) is 18.3. The topological polar surface area (TPSA) is 46.5 Å². The van der Waals surface area contributed by atoms with Gasteiger partial charge in [-0.3, -0.25) is 4.79 Å². The van der Waals surface area contributed by atoms with Crippen molar-refractivity contribution in [3.63, 3.8) is 0 Å². The third-order valence-corrected chi connectivity index (χ3v) is 9.38. The first-order valence-electron chi connectivity index (χ1n) is 10.4. The maximum absolute atomic E-state index is 11.6. The van der Waals surface area contributed by atoms with E-state index in [9.17, 15) is 9.90 Å². The van der Waals surface area contributed by atoms with Gasteiger partial charge >= 0.3 is 5.97 Å². The number of rotatable bonds is 3. The molecule has 1 spiro atoms. The third-order valence-electron chi connectivity index (χ3n) is 9.38. The number of hydrogen-bond acceptors (Lipinski definition) is 3. The van der Waals surface area contributed by atoms with Crippen molar-refractivity contribution in [2.24, 2.45) is 39.9 Å². The summed E-state index contributed by atoms with van der Waals surface area (Å²) in [6.07, 6.45) is 8.08. The molecule has 25 heavy (non-hydrogen) atoms. The molecule has 0 aromatic carbocycles. The van der Waals surface area contributed by atoms with E-state index in [1.54, 1.807) is 0 Å². The molecule has 142 valence electrons. The van der Waals surface area contributed by atoms with Gasteiger partial charge in [0.1, 0.15) is 0 Å². The SMILES string of the molecule is CC(=O)OC[C@@]12CC[C@]3(C)[C@@H](C(C)C)CC[C@H]3[C@@]13C[C@H]3[C@](C)(O)CC2. The molecular weight excluding hydrogens is 312 g/mol. The second-order valence-corrected chi connectivity index (χ2v) is 10.7. The molecule has 0 aromatic heterocycles. The molecule has 0 saturated heterocycles. The first-order chi connectivity index (χ1) is 11.6. The minimum absolute atomic E-state index is 0.113. The van der Waals surface area contributed by atoms with E-state index < -0.39 is 5.60 Å². The molecule has 0 unspecified atom stereocenters. The molecule has 0 aromatic rings. The Hall–Kier alpha value is -0.570. The summed E-state index contributed by atoms with van der Waals surface area (Å²) in [6, 6.07) is 0. The molecule has 0 heterocycles. The number of carbonyl (C=O) groups is 1. The maximum atomic E-state index is 11.6. The highest BCUT2D eigenvalue weighted by Gasteiger charge is 2.80. The Morgan fingerprint density at radius 1 is 1.12 bits per heavy atom. The largest absolute Gasteiger partial charge is 0.465 e. The highest BCUT2D eigenvalue weighted by Crippen LogP contribution is 2.84. The maximum Gasteiger partial charge on any atom is 0.302 e. The van der Waals surface area contributed by atoms with Crippen LogP contribution in [0, 0.1) is 39.9 Å². The van der Waals surface area contributed by atoms with Gasteiger partial charge in [-0.25, -0.2) is 0 Å². The van der Waals surface area contributed by atoms with Crippen LogP contribution in [-0.2, 0) is 9.53 Å². The van der Waals surface area contributed by atoms with Gasteiger partial charge < -0.3 is 9.84 Å². The van der Waals surface area contributed by atoms with Crippen molar-refractivity contribution in [1.29, 1.82) is 0 Å². The van der Waals surface area contributed by atoms with Gasteiger partial charge in [0.25, 0.3) is 0 Å². The number of esters is 1. The van der Waals surface area contributed by atoms with E-state index in [4.69, 9.17) is 4.74 Å².